The van der Waals surface area contributed by atoms with E-state index in [9.17, 15) is 0 Å². The third kappa shape index (κ3) is 3.16. The van der Waals surface area contributed by atoms with Crippen molar-refractivity contribution in [2.24, 2.45) is 11.8 Å². The first-order valence-electron chi connectivity index (χ1n) is 5.64. The van der Waals surface area contributed by atoms with Crippen molar-refractivity contribution in [1.29, 1.82) is 0 Å². The Kier molecular flexibility index (Phi) is 4.72. The molecule has 1 fully saturated rings. The van der Waals surface area contributed by atoms with E-state index in [-0.39, 0.29) is 0 Å². The van der Waals surface area contributed by atoms with Crippen molar-refractivity contribution in [2.75, 3.05) is 0 Å². The molecule has 0 heterocycles. The van der Waals surface area contributed by atoms with Crippen LogP contribution in [0.15, 0.2) is 0 Å². The van der Waals surface area contributed by atoms with Gasteiger partial charge in [-0.15, -0.1) is 0 Å². The van der Waals surface area contributed by atoms with E-state index in [0.29, 0.717) is 0 Å². The van der Waals surface area contributed by atoms with Crippen molar-refractivity contribution in [2.45, 2.75) is 58.3 Å². The minimum absolute atomic E-state index is 0.864. The van der Waals surface area contributed by atoms with E-state index in [1.165, 1.54) is 44.9 Å². The summed E-state index contributed by atoms with van der Waals surface area (Å²) >= 11 is 0. The first-order valence-corrected chi connectivity index (χ1v) is 5.64. The zero-order valence-electron chi connectivity index (χ0n) is 8.52. The fourth-order valence-electron chi connectivity index (χ4n) is 2.29. The van der Waals surface area contributed by atoms with E-state index < -0.39 is 0 Å². The Balaban J connectivity index is 2.29. The minimum atomic E-state index is 0.864. The molecular formula is C12H23. The molecule has 0 saturated heterocycles. The summed E-state index contributed by atoms with van der Waals surface area (Å²) in [7, 11) is 0. The van der Waals surface area contributed by atoms with Gasteiger partial charge in [-0.3, -0.25) is 0 Å². The Morgan fingerprint density at radius 2 is 1.58 bits per heavy atom. The molecule has 0 spiro atoms. The fourth-order valence-corrected chi connectivity index (χ4v) is 2.29. The van der Waals surface area contributed by atoms with Gasteiger partial charge in [0.15, 0.2) is 0 Å². The van der Waals surface area contributed by atoms with Gasteiger partial charge in [-0.1, -0.05) is 65.2 Å². The second-order valence-corrected chi connectivity index (χ2v) is 4.37. The zero-order valence-corrected chi connectivity index (χ0v) is 8.52. The van der Waals surface area contributed by atoms with Crippen LogP contribution in [0.5, 0.6) is 0 Å². The summed E-state index contributed by atoms with van der Waals surface area (Å²) in [4.78, 5) is 0. The summed E-state index contributed by atoms with van der Waals surface area (Å²) in [5.74, 6) is 1.85. The normalized spacial score (nSPS) is 24.5. The summed E-state index contributed by atoms with van der Waals surface area (Å²) in [5.41, 5.74) is 0. The lowest BCUT2D eigenvalue weighted by atomic mass is 9.82. The van der Waals surface area contributed by atoms with Gasteiger partial charge in [0, 0.05) is 0 Å². The van der Waals surface area contributed by atoms with Crippen molar-refractivity contribution in [1.82, 2.24) is 0 Å². The maximum atomic E-state index is 4.01. The third-order valence-corrected chi connectivity index (χ3v) is 3.41. The Morgan fingerprint density at radius 1 is 1.08 bits per heavy atom. The number of hydrogen-bond donors (Lipinski definition) is 0. The monoisotopic (exact) mass is 167 g/mol. The molecule has 0 aromatic rings. The van der Waals surface area contributed by atoms with Gasteiger partial charge in [-0.2, -0.15) is 0 Å². The molecular weight excluding hydrogens is 144 g/mol. The highest BCUT2D eigenvalue weighted by Crippen LogP contribution is 2.29. The van der Waals surface area contributed by atoms with Crippen LogP contribution in [0, 0.1) is 18.8 Å². The van der Waals surface area contributed by atoms with Crippen LogP contribution in [0.25, 0.3) is 0 Å². The molecule has 1 aliphatic rings. The molecule has 0 aromatic carbocycles. The molecule has 0 amide bonds. The summed E-state index contributed by atoms with van der Waals surface area (Å²) < 4.78 is 0. The highest BCUT2D eigenvalue weighted by Gasteiger charge is 2.16. The average molecular weight is 167 g/mol. The van der Waals surface area contributed by atoms with E-state index in [1.54, 1.807) is 0 Å². The summed E-state index contributed by atoms with van der Waals surface area (Å²) in [6, 6.07) is 0. The second-order valence-electron chi connectivity index (χ2n) is 4.37. The molecule has 71 valence electrons. The van der Waals surface area contributed by atoms with Crippen LogP contribution in [0.2, 0.25) is 0 Å². The summed E-state index contributed by atoms with van der Waals surface area (Å²) in [6.07, 6.45) is 11.4. The fraction of sp³-hybridized carbons (Fsp3) is 0.917. The van der Waals surface area contributed by atoms with Gasteiger partial charge < -0.3 is 0 Å². The van der Waals surface area contributed by atoms with Gasteiger partial charge in [0.05, 0.1) is 0 Å². The first-order chi connectivity index (χ1) is 5.84. The van der Waals surface area contributed by atoms with Crippen LogP contribution < -0.4 is 0 Å². The highest BCUT2D eigenvalue weighted by molar-refractivity contribution is 4.69. The van der Waals surface area contributed by atoms with E-state index >= 15 is 0 Å². The molecule has 0 heteroatoms. The number of hydrogen-bond acceptors (Lipinski definition) is 0. The Hall–Kier alpha value is 0. The van der Waals surface area contributed by atoms with Crippen LogP contribution in [0.1, 0.15) is 58.3 Å². The van der Waals surface area contributed by atoms with Crippen molar-refractivity contribution in [3.63, 3.8) is 0 Å². The van der Waals surface area contributed by atoms with E-state index in [0.717, 1.165) is 18.3 Å². The van der Waals surface area contributed by atoms with Gasteiger partial charge >= 0.3 is 0 Å². The third-order valence-electron chi connectivity index (χ3n) is 3.41. The van der Waals surface area contributed by atoms with Crippen molar-refractivity contribution < 1.29 is 0 Å². The van der Waals surface area contributed by atoms with Crippen LogP contribution in [-0.4, -0.2) is 0 Å². The number of rotatable bonds is 2. The molecule has 1 rings (SSSR count). The summed E-state index contributed by atoms with van der Waals surface area (Å²) in [5, 5.41) is 0. The molecule has 0 nitrogen and oxygen atoms in total. The molecule has 1 saturated carbocycles. The molecule has 1 atom stereocenters. The van der Waals surface area contributed by atoms with Gasteiger partial charge in [0.25, 0.3) is 0 Å². The van der Waals surface area contributed by atoms with Gasteiger partial charge in [0.2, 0.25) is 0 Å². The van der Waals surface area contributed by atoms with Crippen molar-refractivity contribution in [3.8, 4) is 0 Å². The zero-order chi connectivity index (χ0) is 8.81. The predicted molar refractivity (Wildman–Crippen MR) is 54.9 cm³/mol. The largest absolute Gasteiger partial charge is 0.0622 e. The molecule has 0 bridgehead atoms. The lowest BCUT2D eigenvalue weighted by Gasteiger charge is -2.24. The molecule has 0 aliphatic heterocycles. The topological polar surface area (TPSA) is 0 Å². The van der Waals surface area contributed by atoms with Crippen LogP contribution in [0.4, 0.5) is 0 Å². The molecule has 12 heavy (non-hydrogen) atoms. The van der Waals surface area contributed by atoms with Crippen LogP contribution >= 0.6 is 0 Å². The lowest BCUT2D eigenvalue weighted by Crippen LogP contribution is -2.12. The van der Waals surface area contributed by atoms with E-state index in [4.69, 9.17) is 0 Å². The minimum Gasteiger partial charge on any atom is -0.0622 e. The maximum absolute atomic E-state index is 4.01. The Morgan fingerprint density at radius 3 is 2.08 bits per heavy atom. The highest BCUT2D eigenvalue weighted by atomic mass is 14.2. The molecule has 1 radical (unpaired) electrons. The van der Waals surface area contributed by atoms with Gasteiger partial charge in [-0.05, 0) is 11.8 Å². The van der Waals surface area contributed by atoms with Crippen LogP contribution in [0.3, 0.4) is 0 Å². The van der Waals surface area contributed by atoms with Crippen molar-refractivity contribution >= 4 is 0 Å². The quantitative estimate of drug-likeness (QED) is 0.578. The Labute approximate surface area is 77.7 Å². The second kappa shape index (κ2) is 5.61. The molecule has 1 unspecified atom stereocenters. The predicted octanol–water partition coefficient (Wildman–Crippen LogP) is 4.21. The lowest BCUT2D eigenvalue weighted by molar-refractivity contribution is 0.282. The van der Waals surface area contributed by atoms with E-state index in [1.807, 2.05) is 0 Å². The van der Waals surface area contributed by atoms with Crippen molar-refractivity contribution in [3.05, 3.63) is 6.92 Å². The average Bonchev–Trinajstić information content (AvgIpc) is 2.02. The van der Waals surface area contributed by atoms with Gasteiger partial charge in [-0.25, -0.2) is 0 Å². The molecule has 0 N–H and O–H groups in total. The standard InChI is InChI=1S/C12H23/c1-3-11(2)12-9-7-5-4-6-8-10-12/h11-12H,1,3-10H2,2H3. The maximum Gasteiger partial charge on any atom is -0.0388 e. The molecule has 1 aliphatic carbocycles. The van der Waals surface area contributed by atoms with Gasteiger partial charge in [0.1, 0.15) is 0 Å². The van der Waals surface area contributed by atoms with Crippen LogP contribution in [-0.2, 0) is 0 Å². The summed E-state index contributed by atoms with van der Waals surface area (Å²) in [6.45, 7) is 6.39. The molecule has 0 aromatic heterocycles. The van der Waals surface area contributed by atoms with E-state index in [2.05, 4.69) is 13.8 Å². The SMILES string of the molecule is [CH2]CC(C)C1CCCCCCC1. The first kappa shape index (κ1) is 10.1. The Bertz CT molecular complexity index is 98.6. The smallest absolute Gasteiger partial charge is 0.0388 e.